The second-order valence-electron chi connectivity index (χ2n) is 7.38. The molecule has 166 valence electrons. The van der Waals surface area contributed by atoms with E-state index in [0.29, 0.717) is 12.8 Å². The van der Waals surface area contributed by atoms with E-state index in [-0.39, 0.29) is 50.3 Å². The maximum Gasteiger partial charge on any atom is 0.307 e. The van der Waals surface area contributed by atoms with Crippen molar-refractivity contribution in [1.29, 1.82) is 0 Å². The summed E-state index contributed by atoms with van der Waals surface area (Å²) in [5.74, 6) is -5.23. The van der Waals surface area contributed by atoms with Crippen molar-refractivity contribution >= 4 is 15.8 Å². The predicted molar refractivity (Wildman–Crippen MR) is 94.5 cm³/mol. The molecule has 0 amide bonds. The molecular weight excluding hydrogens is 422 g/mol. The first kappa shape index (κ1) is 23.5. The standard InChI is InChI=1S/C9H11F2N3O2.C7H12F2O3S/c10-9(11)3-1-7(2-4-9)13-6-8(5-12-13)14(15)16;1-13(10,11)12-6-2-4-7(8,9)5-3-6/h5-7H,1-4H2;6H,2-5H2,1H3. The van der Waals surface area contributed by atoms with Crippen molar-refractivity contribution in [2.75, 3.05) is 6.26 Å². The van der Waals surface area contributed by atoms with Crippen LogP contribution in [0.15, 0.2) is 12.4 Å². The molecule has 0 spiro atoms. The molecule has 1 heterocycles. The fourth-order valence-electron chi connectivity index (χ4n) is 3.27. The van der Waals surface area contributed by atoms with Gasteiger partial charge in [-0.2, -0.15) is 13.5 Å². The highest BCUT2D eigenvalue weighted by atomic mass is 32.2. The molecule has 2 aliphatic rings. The van der Waals surface area contributed by atoms with Gasteiger partial charge in [0, 0.05) is 25.7 Å². The summed E-state index contributed by atoms with van der Waals surface area (Å²) < 4.78 is 78.3. The summed E-state index contributed by atoms with van der Waals surface area (Å²) in [6.07, 6.45) is 2.74. The quantitative estimate of drug-likeness (QED) is 0.299. The third kappa shape index (κ3) is 7.88. The van der Waals surface area contributed by atoms with Crippen molar-refractivity contribution in [3.8, 4) is 0 Å². The van der Waals surface area contributed by atoms with Crippen LogP contribution in [-0.4, -0.2) is 47.3 Å². The first-order valence-corrected chi connectivity index (χ1v) is 10.9. The Bertz CT molecular complexity index is 795. The van der Waals surface area contributed by atoms with E-state index in [2.05, 4.69) is 9.28 Å². The van der Waals surface area contributed by atoms with Gasteiger partial charge >= 0.3 is 5.69 Å². The fourth-order valence-corrected chi connectivity index (χ4v) is 3.96. The van der Waals surface area contributed by atoms with Crippen LogP contribution >= 0.6 is 0 Å². The molecule has 2 fully saturated rings. The first-order chi connectivity index (χ1) is 13.3. The summed E-state index contributed by atoms with van der Waals surface area (Å²) in [6.45, 7) is 0. The van der Waals surface area contributed by atoms with E-state index in [1.54, 1.807) is 0 Å². The summed E-state index contributed by atoms with van der Waals surface area (Å²) in [6, 6.07) is -0.145. The van der Waals surface area contributed by atoms with Gasteiger partial charge in [0.15, 0.2) is 0 Å². The summed E-state index contributed by atoms with van der Waals surface area (Å²) in [7, 11) is -3.51. The summed E-state index contributed by atoms with van der Waals surface area (Å²) in [5.41, 5.74) is -0.0997. The zero-order valence-corrected chi connectivity index (χ0v) is 16.6. The molecule has 2 saturated carbocycles. The Hall–Kier alpha value is -1.76. The molecule has 0 N–H and O–H groups in total. The van der Waals surface area contributed by atoms with Crippen LogP contribution in [0, 0.1) is 10.1 Å². The lowest BCUT2D eigenvalue weighted by molar-refractivity contribution is -0.385. The minimum absolute atomic E-state index is 0.0997. The number of alkyl halides is 4. The van der Waals surface area contributed by atoms with Gasteiger partial charge in [0.05, 0.1) is 23.3 Å². The Morgan fingerprint density at radius 1 is 1.10 bits per heavy atom. The van der Waals surface area contributed by atoms with E-state index in [4.69, 9.17) is 0 Å². The van der Waals surface area contributed by atoms with Crippen LogP contribution < -0.4 is 0 Å². The molecule has 1 aromatic rings. The number of hydrogen-bond acceptors (Lipinski definition) is 6. The number of halogens is 4. The highest BCUT2D eigenvalue weighted by Crippen LogP contribution is 2.38. The molecule has 0 aliphatic heterocycles. The van der Waals surface area contributed by atoms with Crippen LogP contribution in [0.3, 0.4) is 0 Å². The molecule has 8 nitrogen and oxygen atoms in total. The Labute approximate surface area is 165 Å². The molecule has 3 rings (SSSR count). The van der Waals surface area contributed by atoms with Crippen molar-refractivity contribution in [2.24, 2.45) is 0 Å². The normalized spacial score (nSPS) is 22.5. The van der Waals surface area contributed by atoms with Crippen molar-refractivity contribution in [2.45, 2.75) is 75.4 Å². The average Bonchev–Trinajstić information content (AvgIpc) is 3.07. The predicted octanol–water partition coefficient (Wildman–Crippen LogP) is 4.08. The lowest BCUT2D eigenvalue weighted by Gasteiger charge is -2.28. The van der Waals surface area contributed by atoms with E-state index in [1.165, 1.54) is 10.9 Å². The molecule has 13 heteroatoms. The number of nitro groups is 1. The van der Waals surface area contributed by atoms with Crippen LogP contribution in [0.1, 0.15) is 57.4 Å². The molecular formula is C16H23F4N3O5S. The van der Waals surface area contributed by atoms with Gasteiger partial charge in [-0.05, 0) is 25.7 Å². The number of rotatable bonds is 4. The molecule has 2 aliphatic carbocycles. The zero-order chi connectivity index (χ0) is 21.9. The van der Waals surface area contributed by atoms with Gasteiger partial charge in [0.2, 0.25) is 11.8 Å². The van der Waals surface area contributed by atoms with Gasteiger partial charge in [-0.1, -0.05) is 0 Å². The maximum absolute atomic E-state index is 12.9. The minimum Gasteiger partial charge on any atom is -0.267 e. The van der Waals surface area contributed by atoms with E-state index in [9.17, 15) is 36.1 Å². The van der Waals surface area contributed by atoms with Gasteiger partial charge < -0.3 is 0 Å². The van der Waals surface area contributed by atoms with E-state index in [0.717, 1.165) is 12.5 Å². The first-order valence-electron chi connectivity index (χ1n) is 9.09. The molecule has 1 aromatic heterocycles. The fraction of sp³-hybridized carbons (Fsp3) is 0.812. The third-order valence-electron chi connectivity index (χ3n) is 4.83. The zero-order valence-electron chi connectivity index (χ0n) is 15.8. The van der Waals surface area contributed by atoms with Crippen LogP contribution in [0.5, 0.6) is 0 Å². The van der Waals surface area contributed by atoms with Gasteiger partial charge in [0.25, 0.3) is 10.1 Å². The van der Waals surface area contributed by atoms with Gasteiger partial charge in [-0.3, -0.25) is 19.0 Å². The second-order valence-corrected chi connectivity index (χ2v) is 8.98. The van der Waals surface area contributed by atoms with Crippen LogP contribution in [0.2, 0.25) is 0 Å². The molecule has 0 bridgehead atoms. The summed E-state index contributed by atoms with van der Waals surface area (Å²) in [5, 5.41) is 14.3. The largest absolute Gasteiger partial charge is 0.307 e. The molecule has 0 unspecified atom stereocenters. The summed E-state index contributed by atoms with van der Waals surface area (Å²) >= 11 is 0. The van der Waals surface area contributed by atoms with E-state index in [1.807, 2.05) is 0 Å². The SMILES string of the molecule is CS(=O)(=O)OC1CCC(F)(F)CC1.O=[N+]([O-])c1cnn(C2CCC(F)(F)CC2)c1. The smallest absolute Gasteiger partial charge is 0.267 e. The molecule has 29 heavy (non-hydrogen) atoms. The Morgan fingerprint density at radius 2 is 1.59 bits per heavy atom. The van der Waals surface area contributed by atoms with Crippen LogP contribution in [0.4, 0.5) is 23.2 Å². The van der Waals surface area contributed by atoms with Gasteiger partial charge in [-0.25, -0.2) is 17.6 Å². The van der Waals surface area contributed by atoms with Crippen molar-refractivity contribution in [1.82, 2.24) is 9.78 Å². The second kappa shape index (κ2) is 8.94. The maximum atomic E-state index is 12.9. The van der Waals surface area contributed by atoms with Crippen LogP contribution in [0.25, 0.3) is 0 Å². The highest BCUT2D eigenvalue weighted by molar-refractivity contribution is 7.86. The Kier molecular flexibility index (Phi) is 7.25. The van der Waals surface area contributed by atoms with E-state index >= 15 is 0 Å². The van der Waals surface area contributed by atoms with Crippen molar-refractivity contribution < 1.29 is 35.1 Å². The van der Waals surface area contributed by atoms with Crippen LogP contribution in [-0.2, 0) is 14.3 Å². The number of nitrogens with zero attached hydrogens (tertiary/aromatic N) is 3. The molecule has 0 aromatic carbocycles. The molecule has 0 saturated heterocycles. The Balaban J connectivity index is 0.000000212. The lowest BCUT2D eigenvalue weighted by Crippen LogP contribution is -2.30. The minimum atomic E-state index is -3.51. The van der Waals surface area contributed by atoms with Crippen molar-refractivity contribution in [3.05, 3.63) is 22.5 Å². The number of aromatic nitrogens is 2. The number of hydrogen-bond donors (Lipinski definition) is 0. The van der Waals surface area contributed by atoms with Crippen molar-refractivity contribution in [3.63, 3.8) is 0 Å². The van der Waals surface area contributed by atoms with Gasteiger partial charge in [0.1, 0.15) is 12.4 Å². The molecule has 0 radical (unpaired) electrons. The third-order valence-corrected chi connectivity index (χ3v) is 5.46. The van der Waals surface area contributed by atoms with E-state index < -0.39 is 33.0 Å². The average molecular weight is 445 g/mol. The Morgan fingerprint density at radius 3 is 2.00 bits per heavy atom. The summed E-state index contributed by atoms with van der Waals surface area (Å²) in [4.78, 5) is 9.89. The highest BCUT2D eigenvalue weighted by Gasteiger charge is 2.37. The lowest BCUT2D eigenvalue weighted by atomic mass is 9.92. The monoisotopic (exact) mass is 445 g/mol. The molecule has 0 atom stereocenters. The van der Waals surface area contributed by atoms with Gasteiger partial charge in [-0.15, -0.1) is 0 Å². The topological polar surface area (TPSA) is 104 Å².